The van der Waals surface area contributed by atoms with Crippen molar-refractivity contribution in [3.05, 3.63) is 58.7 Å². The van der Waals surface area contributed by atoms with Crippen LogP contribution in [0.1, 0.15) is 65.2 Å². The Morgan fingerprint density at radius 3 is 2.50 bits per heavy atom. The smallest absolute Gasteiger partial charge is 0.254 e. The largest absolute Gasteiger partial charge is 0.493 e. The lowest BCUT2D eigenvalue weighted by Crippen LogP contribution is -2.50. The summed E-state index contributed by atoms with van der Waals surface area (Å²) in [4.78, 5) is 31.7. The number of piperidine rings is 1. The second-order valence-electron chi connectivity index (χ2n) is 10.3. The number of fused-ring (bicyclic) bond motifs is 4. The summed E-state index contributed by atoms with van der Waals surface area (Å²) in [7, 11) is 3.24. The van der Waals surface area contributed by atoms with Gasteiger partial charge in [0, 0.05) is 18.7 Å². The van der Waals surface area contributed by atoms with Gasteiger partial charge in [-0.2, -0.15) is 0 Å². The van der Waals surface area contributed by atoms with E-state index in [0.29, 0.717) is 36.6 Å². The summed E-state index contributed by atoms with van der Waals surface area (Å²) in [5, 5.41) is 3.21. The van der Waals surface area contributed by atoms with Gasteiger partial charge in [0.05, 0.1) is 26.2 Å². The lowest BCUT2D eigenvalue weighted by atomic mass is 9.75. The van der Waals surface area contributed by atoms with Crippen LogP contribution in [0.2, 0.25) is 0 Å². The Bertz CT molecular complexity index is 1130. The first kappa shape index (κ1) is 24.6. The molecule has 0 bridgehead atoms. The number of rotatable bonds is 7. The molecule has 1 N–H and O–H groups in total. The van der Waals surface area contributed by atoms with Crippen molar-refractivity contribution >= 4 is 11.8 Å². The van der Waals surface area contributed by atoms with Crippen molar-refractivity contribution in [1.29, 1.82) is 0 Å². The van der Waals surface area contributed by atoms with Crippen LogP contribution in [0.5, 0.6) is 11.5 Å². The maximum Gasteiger partial charge on any atom is 0.254 e. The van der Waals surface area contributed by atoms with Crippen molar-refractivity contribution in [3.8, 4) is 11.5 Å². The first-order valence-corrected chi connectivity index (χ1v) is 13.2. The topological polar surface area (TPSA) is 71.1 Å². The molecule has 3 aliphatic rings. The molecule has 5 rings (SSSR count). The van der Waals surface area contributed by atoms with E-state index in [4.69, 9.17) is 9.47 Å². The molecule has 0 aromatic heterocycles. The monoisotopic (exact) mass is 491 g/mol. The van der Waals surface area contributed by atoms with E-state index in [9.17, 15) is 9.59 Å². The SMILES string of the molecule is COc1cc2c(cc1OC)C1C(C(=O)NCCCN3CCC(C)CC3)c3ccccc3C(=O)N1CC2. The van der Waals surface area contributed by atoms with Crippen molar-refractivity contribution in [1.82, 2.24) is 15.1 Å². The predicted molar refractivity (Wildman–Crippen MR) is 139 cm³/mol. The number of ether oxygens (including phenoxy) is 2. The van der Waals surface area contributed by atoms with Gasteiger partial charge in [-0.3, -0.25) is 9.59 Å². The number of carbonyl (C=O) groups excluding carboxylic acids is 2. The molecule has 2 atom stereocenters. The number of methoxy groups -OCH3 is 2. The number of nitrogens with zero attached hydrogens (tertiary/aromatic N) is 2. The van der Waals surface area contributed by atoms with Crippen molar-refractivity contribution in [2.45, 2.75) is 44.6 Å². The van der Waals surface area contributed by atoms with Crippen molar-refractivity contribution < 1.29 is 19.1 Å². The molecule has 0 spiro atoms. The Labute approximate surface area is 213 Å². The first-order valence-electron chi connectivity index (χ1n) is 13.2. The number of carbonyl (C=O) groups is 2. The van der Waals surface area contributed by atoms with Crippen LogP contribution in [0.25, 0.3) is 0 Å². The highest BCUT2D eigenvalue weighted by Gasteiger charge is 2.46. The molecule has 7 heteroatoms. The molecule has 7 nitrogen and oxygen atoms in total. The van der Waals surface area contributed by atoms with Crippen LogP contribution in [-0.2, 0) is 11.2 Å². The third-order valence-corrected chi connectivity index (χ3v) is 8.13. The van der Waals surface area contributed by atoms with E-state index in [1.54, 1.807) is 14.2 Å². The Morgan fingerprint density at radius 1 is 1.03 bits per heavy atom. The standard InChI is InChI=1S/C29H37N3O4/c1-19-9-14-31(15-10-19)13-6-12-30-28(33)26-21-7-4-5-8-22(21)29(34)32-16-11-20-17-24(35-2)25(36-3)18-23(20)27(26)32/h4-5,7-8,17-19,26-27H,6,9-16H2,1-3H3,(H,30,33). The lowest BCUT2D eigenvalue weighted by Gasteiger charge is -2.45. The highest BCUT2D eigenvalue weighted by Crippen LogP contribution is 2.48. The fourth-order valence-corrected chi connectivity index (χ4v) is 6.05. The molecule has 2 amide bonds. The van der Waals surface area contributed by atoms with Crippen LogP contribution in [0, 0.1) is 5.92 Å². The van der Waals surface area contributed by atoms with Gasteiger partial charge in [-0.15, -0.1) is 0 Å². The van der Waals surface area contributed by atoms with E-state index in [1.165, 1.54) is 12.8 Å². The molecule has 3 aliphatic heterocycles. The summed E-state index contributed by atoms with van der Waals surface area (Å²) in [6, 6.07) is 11.1. The summed E-state index contributed by atoms with van der Waals surface area (Å²) in [6.45, 7) is 6.81. The summed E-state index contributed by atoms with van der Waals surface area (Å²) >= 11 is 0. The van der Waals surface area contributed by atoms with Crippen LogP contribution in [0.15, 0.2) is 36.4 Å². The number of amides is 2. The van der Waals surface area contributed by atoms with Gasteiger partial charge in [-0.1, -0.05) is 25.1 Å². The van der Waals surface area contributed by atoms with Crippen molar-refractivity contribution in [3.63, 3.8) is 0 Å². The van der Waals surface area contributed by atoms with Gasteiger partial charge in [0.15, 0.2) is 11.5 Å². The van der Waals surface area contributed by atoms with E-state index < -0.39 is 5.92 Å². The van der Waals surface area contributed by atoms with Gasteiger partial charge in [0.25, 0.3) is 5.91 Å². The lowest BCUT2D eigenvalue weighted by molar-refractivity contribution is -0.124. The zero-order valence-electron chi connectivity index (χ0n) is 21.6. The number of hydrogen-bond acceptors (Lipinski definition) is 5. The summed E-state index contributed by atoms with van der Waals surface area (Å²) in [6.07, 6.45) is 4.14. The van der Waals surface area contributed by atoms with Gasteiger partial charge in [0.1, 0.15) is 0 Å². The summed E-state index contributed by atoms with van der Waals surface area (Å²) in [5.74, 6) is 1.57. The second kappa shape index (κ2) is 10.5. The maximum absolute atomic E-state index is 13.8. The van der Waals surface area contributed by atoms with E-state index in [0.717, 1.165) is 48.7 Å². The van der Waals surface area contributed by atoms with E-state index in [-0.39, 0.29) is 17.9 Å². The highest BCUT2D eigenvalue weighted by atomic mass is 16.5. The quantitative estimate of drug-likeness (QED) is 0.597. The molecule has 2 aromatic carbocycles. The molecule has 36 heavy (non-hydrogen) atoms. The van der Waals surface area contributed by atoms with Crippen LogP contribution in [0.4, 0.5) is 0 Å². The first-order chi connectivity index (χ1) is 17.5. The van der Waals surface area contributed by atoms with Gasteiger partial charge in [-0.05, 0) is 86.1 Å². The Hall–Kier alpha value is -3.06. The van der Waals surface area contributed by atoms with Crippen LogP contribution in [0.3, 0.4) is 0 Å². The minimum absolute atomic E-state index is 0.0144. The van der Waals surface area contributed by atoms with Gasteiger partial charge < -0.3 is 24.6 Å². The Morgan fingerprint density at radius 2 is 1.75 bits per heavy atom. The third kappa shape index (κ3) is 4.57. The molecule has 0 aliphatic carbocycles. The van der Waals surface area contributed by atoms with Gasteiger partial charge in [0.2, 0.25) is 5.91 Å². The maximum atomic E-state index is 13.8. The van der Waals surface area contributed by atoms with Crippen LogP contribution < -0.4 is 14.8 Å². The zero-order chi connectivity index (χ0) is 25.2. The van der Waals surface area contributed by atoms with Gasteiger partial charge in [-0.25, -0.2) is 0 Å². The molecular weight excluding hydrogens is 454 g/mol. The molecule has 192 valence electrons. The average molecular weight is 492 g/mol. The van der Waals surface area contributed by atoms with Gasteiger partial charge >= 0.3 is 0 Å². The molecular formula is C29H37N3O4. The Kier molecular flexibility index (Phi) is 7.19. The number of hydrogen-bond donors (Lipinski definition) is 1. The van der Waals surface area contributed by atoms with Crippen LogP contribution in [-0.4, -0.2) is 68.6 Å². The van der Waals surface area contributed by atoms with E-state index in [1.807, 2.05) is 41.3 Å². The minimum Gasteiger partial charge on any atom is -0.493 e. The van der Waals surface area contributed by atoms with Crippen molar-refractivity contribution in [2.24, 2.45) is 5.92 Å². The molecule has 0 saturated carbocycles. The third-order valence-electron chi connectivity index (χ3n) is 8.13. The molecule has 2 aromatic rings. The predicted octanol–water partition coefficient (Wildman–Crippen LogP) is 3.78. The molecule has 2 unspecified atom stereocenters. The van der Waals surface area contributed by atoms with E-state index >= 15 is 0 Å². The van der Waals surface area contributed by atoms with Crippen LogP contribution >= 0.6 is 0 Å². The second-order valence-corrected chi connectivity index (χ2v) is 10.3. The number of benzene rings is 2. The molecule has 1 saturated heterocycles. The fourth-order valence-electron chi connectivity index (χ4n) is 6.05. The highest BCUT2D eigenvalue weighted by molar-refractivity contribution is 6.01. The average Bonchev–Trinajstić information content (AvgIpc) is 2.91. The molecule has 0 radical (unpaired) electrons. The van der Waals surface area contributed by atoms with Crippen molar-refractivity contribution in [2.75, 3.05) is 46.9 Å². The molecule has 3 heterocycles. The molecule has 1 fully saturated rings. The van der Waals surface area contributed by atoms with E-state index in [2.05, 4.69) is 17.1 Å². The fraction of sp³-hybridized carbons (Fsp3) is 0.517. The number of likely N-dealkylation sites (tertiary alicyclic amines) is 1. The Balaban J connectivity index is 1.40. The zero-order valence-corrected chi connectivity index (χ0v) is 21.6. The summed E-state index contributed by atoms with van der Waals surface area (Å²) in [5.41, 5.74) is 3.48. The number of nitrogens with one attached hydrogen (secondary N) is 1. The minimum atomic E-state index is -0.480. The summed E-state index contributed by atoms with van der Waals surface area (Å²) < 4.78 is 11.1. The normalized spacial score (nSPS) is 21.9.